The number of carbonyl (C=O) groups is 1. The molecule has 1 heterocycles. The van der Waals surface area contributed by atoms with E-state index in [2.05, 4.69) is 15.1 Å². The van der Waals surface area contributed by atoms with Crippen molar-refractivity contribution in [1.82, 2.24) is 9.78 Å². The summed E-state index contributed by atoms with van der Waals surface area (Å²) in [6, 6.07) is 0. The van der Waals surface area contributed by atoms with Gasteiger partial charge in [-0.15, -0.1) is 0 Å². The Morgan fingerprint density at radius 3 is 3.21 bits per heavy atom. The first-order valence-corrected chi connectivity index (χ1v) is 4.12. The van der Waals surface area contributed by atoms with E-state index < -0.39 is 12.6 Å². The minimum Gasteiger partial charge on any atom is -0.479 e. The van der Waals surface area contributed by atoms with Gasteiger partial charge in [0.25, 0.3) is 0 Å². The Hall–Kier alpha value is -1.85. The molecule has 0 spiro atoms. The molecule has 14 heavy (non-hydrogen) atoms. The first-order chi connectivity index (χ1) is 6.72. The largest absolute Gasteiger partial charge is 0.479 e. The van der Waals surface area contributed by atoms with Crippen LogP contribution >= 0.6 is 0 Å². The van der Waals surface area contributed by atoms with E-state index in [0.29, 0.717) is 0 Å². The maximum Gasteiger partial charge on any atom is 0.344 e. The Labute approximate surface area is 80.8 Å². The number of oxime groups is 1. The lowest BCUT2D eigenvalue weighted by Gasteiger charge is -1.91. The van der Waals surface area contributed by atoms with Crippen molar-refractivity contribution in [3.63, 3.8) is 0 Å². The number of aryl methyl sites for hydroxylation is 1. The van der Waals surface area contributed by atoms with E-state index >= 15 is 0 Å². The summed E-state index contributed by atoms with van der Waals surface area (Å²) >= 11 is 0. The molecular formula is C8H11N3O3. The van der Waals surface area contributed by atoms with Crippen LogP contribution in [0.25, 0.3) is 0 Å². The summed E-state index contributed by atoms with van der Waals surface area (Å²) in [6.07, 6.45) is 4.83. The van der Waals surface area contributed by atoms with E-state index in [0.717, 1.165) is 12.1 Å². The van der Waals surface area contributed by atoms with Crippen LogP contribution in [0.2, 0.25) is 0 Å². The van der Waals surface area contributed by atoms with E-state index in [1.807, 2.05) is 6.92 Å². The highest BCUT2D eigenvalue weighted by molar-refractivity contribution is 5.78. The highest BCUT2D eigenvalue weighted by atomic mass is 16.6. The lowest BCUT2D eigenvalue weighted by atomic mass is 10.4. The maximum atomic E-state index is 10.0. The smallest absolute Gasteiger partial charge is 0.344 e. The van der Waals surface area contributed by atoms with Crippen molar-refractivity contribution in [3.05, 3.63) is 18.0 Å². The predicted octanol–water partition coefficient (Wildman–Crippen LogP) is 0.338. The molecular weight excluding hydrogens is 186 g/mol. The molecule has 1 aromatic rings. The van der Waals surface area contributed by atoms with E-state index in [-0.39, 0.29) is 0 Å². The fraction of sp³-hybridized carbons (Fsp3) is 0.375. The van der Waals surface area contributed by atoms with Crippen molar-refractivity contribution in [3.8, 4) is 0 Å². The van der Waals surface area contributed by atoms with Gasteiger partial charge in [-0.05, 0) is 6.92 Å². The summed E-state index contributed by atoms with van der Waals surface area (Å²) < 4.78 is 1.73. The van der Waals surface area contributed by atoms with Crippen LogP contribution in [-0.2, 0) is 16.2 Å². The van der Waals surface area contributed by atoms with Crippen molar-refractivity contribution in [2.75, 3.05) is 6.61 Å². The SMILES string of the molecule is CCn1cc(/C=N/OCC(=O)O)cn1. The molecule has 0 saturated heterocycles. The second-order valence-electron chi connectivity index (χ2n) is 2.53. The number of carboxylic acids is 1. The Morgan fingerprint density at radius 1 is 1.86 bits per heavy atom. The van der Waals surface area contributed by atoms with Crippen LogP contribution in [0, 0.1) is 0 Å². The molecule has 6 nitrogen and oxygen atoms in total. The van der Waals surface area contributed by atoms with Gasteiger partial charge in [0.1, 0.15) is 0 Å². The lowest BCUT2D eigenvalue weighted by molar-refractivity contribution is -0.142. The standard InChI is InChI=1S/C8H11N3O3/c1-2-11-5-7(3-9-11)4-10-14-6-8(12)13/h3-5H,2,6H2,1H3,(H,12,13)/b10-4+. The van der Waals surface area contributed by atoms with Crippen LogP contribution in [0.4, 0.5) is 0 Å². The first-order valence-electron chi connectivity index (χ1n) is 4.12. The van der Waals surface area contributed by atoms with Crippen LogP contribution in [0.15, 0.2) is 17.5 Å². The van der Waals surface area contributed by atoms with Gasteiger partial charge in [-0.3, -0.25) is 4.68 Å². The second kappa shape index (κ2) is 5.00. The molecule has 1 N–H and O–H groups in total. The van der Waals surface area contributed by atoms with Crippen molar-refractivity contribution >= 4 is 12.2 Å². The fourth-order valence-electron chi connectivity index (χ4n) is 0.810. The van der Waals surface area contributed by atoms with Gasteiger partial charge in [-0.25, -0.2) is 4.79 Å². The predicted molar refractivity (Wildman–Crippen MR) is 49.1 cm³/mol. The number of hydrogen-bond donors (Lipinski definition) is 1. The van der Waals surface area contributed by atoms with Crippen LogP contribution in [0.1, 0.15) is 12.5 Å². The normalized spacial score (nSPS) is 10.6. The molecule has 0 unspecified atom stereocenters. The van der Waals surface area contributed by atoms with E-state index in [1.165, 1.54) is 6.21 Å². The first kappa shape index (κ1) is 10.2. The number of nitrogens with zero attached hydrogens (tertiary/aromatic N) is 3. The topological polar surface area (TPSA) is 76.7 Å². The van der Waals surface area contributed by atoms with Crippen LogP contribution < -0.4 is 0 Å². The minimum absolute atomic E-state index is 0.432. The third-order valence-corrected chi connectivity index (χ3v) is 1.44. The van der Waals surface area contributed by atoms with Crippen LogP contribution in [-0.4, -0.2) is 33.7 Å². The number of aliphatic carboxylic acids is 1. The number of rotatable bonds is 5. The Balaban J connectivity index is 2.39. The number of aromatic nitrogens is 2. The van der Waals surface area contributed by atoms with Gasteiger partial charge in [0, 0.05) is 18.3 Å². The Morgan fingerprint density at radius 2 is 2.64 bits per heavy atom. The van der Waals surface area contributed by atoms with E-state index in [9.17, 15) is 4.79 Å². The number of hydrogen-bond acceptors (Lipinski definition) is 4. The molecule has 76 valence electrons. The molecule has 6 heteroatoms. The highest BCUT2D eigenvalue weighted by Crippen LogP contribution is 1.93. The molecule has 0 fully saturated rings. The quantitative estimate of drug-likeness (QED) is 0.545. The second-order valence-corrected chi connectivity index (χ2v) is 2.53. The van der Waals surface area contributed by atoms with Crippen molar-refractivity contribution < 1.29 is 14.7 Å². The molecule has 1 rings (SSSR count). The van der Waals surface area contributed by atoms with Crippen molar-refractivity contribution in [2.45, 2.75) is 13.5 Å². The summed E-state index contributed by atoms with van der Waals surface area (Å²) in [6.45, 7) is 2.32. The monoisotopic (exact) mass is 197 g/mol. The molecule has 0 aliphatic rings. The van der Waals surface area contributed by atoms with Gasteiger partial charge in [-0.1, -0.05) is 5.16 Å². The van der Waals surface area contributed by atoms with Gasteiger partial charge >= 0.3 is 5.97 Å². The zero-order valence-electron chi connectivity index (χ0n) is 7.75. The summed E-state index contributed by atoms with van der Waals surface area (Å²) in [4.78, 5) is 14.5. The summed E-state index contributed by atoms with van der Waals surface area (Å²) in [5.41, 5.74) is 0.775. The van der Waals surface area contributed by atoms with Gasteiger partial charge in [0.05, 0.1) is 12.4 Å². The third kappa shape index (κ3) is 3.26. The van der Waals surface area contributed by atoms with Gasteiger partial charge in [0.2, 0.25) is 6.61 Å². The molecule has 0 aliphatic carbocycles. The van der Waals surface area contributed by atoms with E-state index in [1.54, 1.807) is 17.1 Å². The summed E-state index contributed by atoms with van der Waals surface area (Å²) in [7, 11) is 0. The fourth-order valence-corrected chi connectivity index (χ4v) is 0.810. The molecule has 0 aliphatic heterocycles. The van der Waals surface area contributed by atoms with Crippen LogP contribution in [0.5, 0.6) is 0 Å². The Kier molecular flexibility index (Phi) is 3.66. The maximum absolute atomic E-state index is 10.0. The lowest BCUT2D eigenvalue weighted by Crippen LogP contribution is -2.03. The number of carboxylic acid groups (broad SMARTS) is 1. The third-order valence-electron chi connectivity index (χ3n) is 1.44. The molecule has 0 amide bonds. The van der Waals surface area contributed by atoms with Crippen LogP contribution in [0.3, 0.4) is 0 Å². The molecule has 1 aromatic heterocycles. The van der Waals surface area contributed by atoms with Crippen molar-refractivity contribution in [2.24, 2.45) is 5.16 Å². The zero-order chi connectivity index (χ0) is 10.4. The average Bonchev–Trinajstić information content (AvgIpc) is 2.60. The average molecular weight is 197 g/mol. The molecule has 0 radical (unpaired) electrons. The Bertz CT molecular complexity index is 332. The molecule has 0 bridgehead atoms. The van der Waals surface area contributed by atoms with Gasteiger partial charge < -0.3 is 9.94 Å². The summed E-state index contributed by atoms with van der Waals surface area (Å²) in [5, 5.41) is 15.7. The molecule has 0 saturated carbocycles. The van der Waals surface area contributed by atoms with Crippen molar-refractivity contribution in [1.29, 1.82) is 0 Å². The minimum atomic E-state index is -1.05. The summed E-state index contributed by atoms with van der Waals surface area (Å²) in [5.74, 6) is -1.05. The van der Waals surface area contributed by atoms with E-state index in [4.69, 9.17) is 5.11 Å². The molecule has 0 aromatic carbocycles. The highest BCUT2D eigenvalue weighted by Gasteiger charge is 1.95. The zero-order valence-corrected chi connectivity index (χ0v) is 7.75. The van der Waals surface area contributed by atoms with Gasteiger partial charge in [0.15, 0.2) is 0 Å². The molecule has 0 atom stereocenters. The van der Waals surface area contributed by atoms with Gasteiger partial charge in [-0.2, -0.15) is 5.10 Å².